The number of ether oxygens (including phenoxy) is 2. The Morgan fingerprint density at radius 1 is 1.00 bits per heavy atom. The first-order valence-electron chi connectivity index (χ1n) is 9.34. The summed E-state index contributed by atoms with van der Waals surface area (Å²) in [7, 11) is 0. The largest absolute Gasteiger partial charge is 0.456 e. The van der Waals surface area contributed by atoms with Crippen LogP contribution in [0.1, 0.15) is 57.6 Å². The Bertz CT molecular complexity index is 1130. The van der Waals surface area contributed by atoms with Crippen LogP contribution in [-0.4, -0.2) is 32.8 Å². The fourth-order valence-corrected chi connectivity index (χ4v) is 3.37. The quantitative estimate of drug-likeness (QED) is 0.365. The number of pyridine rings is 1. The summed E-state index contributed by atoms with van der Waals surface area (Å²) in [6, 6.07) is 5.31. The second kappa shape index (κ2) is 7.02. The molecule has 7 heteroatoms. The van der Waals surface area contributed by atoms with Crippen LogP contribution in [0.4, 0.5) is 4.79 Å². The third kappa shape index (κ3) is 4.22. The number of halogens is 1. The lowest BCUT2D eigenvalue weighted by Gasteiger charge is -2.21. The second-order valence-electron chi connectivity index (χ2n) is 8.97. The fraction of sp³-hybridized carbons (Fsp3) is 0.409. The summed E-state index contributed by atoms with van der Waals surface area (Å²) < 4.78 is 12.6. The monoisotopic (exact) mass is 416 g/mol. The molecule has 0 aliphatic rings. The van der Waals surface area contributed by atoms with E-state index in [4.69, 9.17) is 21.1 Å². The third-order valence-corrected chi connectivity index (χ3v) is 4.42. The molecule has 0 saturated carbocycles. The van der Waals surface area contributed by atoms with Gasteiger partial charge >= 0.3 is 12.1 Å². The van der Waals surface area contributed by atoms with E-state index in [0.717, 1.165) is 5.39 Å². The molecule has 6 nitrogen and oxygen atoms in total. The molecule has 29 heavy (non-hydrogen) atoms. The maximum absolute atomic E-state index is 13.1. The van der Waals surface area contributed by atoms with Crippen molar-refractivity contribution in [2.75, 3.05) is 0 Å². The van der Waals surface area contributed by atoms with Gasteiger partial charge in [0.2, 0.25) is 0 Å². The van der Waals surface area contributed by atoms with Crippen LogP contribution in [0, 0.1) is 6.92 Å². The van der Waals surface area contributed by atoms with Crippen LogP contribution in [0.3, 0.4) is 0 Å². The van der Waals surface area contributed by atoms with E-state index < -0.39 is 23.3 Å². The molecule has 0 amide bonds. The van der Waals surface area contributed by atoms with Gasteiger partial charge in [-0.2, -0.15) is 0 Å². The highest BCUT2D eigenvalue weighted by Gasteiger charge is 2.30. The van der Waals surface area contributed by atoms with Crippen molar-refractivity contribution in [3.8, 4) is 0 Å². The Morgan fingerprint density at radius 3 is 2.21 bits per heavy atom. The van der Waals surface area contributed by atoms with E-state index in [-0.39, 0.29) is 0 Å². The summed E-state index contributed by atoms with van der Waals surface area (Å²) in [5.74, 6) is -0.498. The minimum absolute atomic E-state index is 0.290. The number of benzene rings is 1. The molecule has 3 rings (SSSR count). The van der Waals surface area contributed by atoms with Crippen molar-refractivity contribution >= 4 is 45.3 Å². The lowest BCUT2D eigenvalue weighted by Crippen LogP contribution is -2.28. The SMILES string of the molecule is Cc1c(C(=O)OC(C)(C)C)c2ccc3cnc(Cl)cc3c2n1C(=O)OC(C)(C)C. The van der Waals surface area contributed by atoms with E-state index in [9.17, 15) is 9.59 Å². The molecule has 0 atom stereocenters. The number of nitrogens with zero attached hydrogens (tertiary/aromatic N) is 2. The van der Waals surface area contributed by atoms with Crippen LogP contribution in [-0.2, 0) is 9.47 Å². The number of carbonyl (C=O) groups is 2. The summed E-state index contributed by atoms with van der Waals surface area (Å²) in [6.07, 6.45) is 1.06. The van der Waals surface area contributed by atoms with E-state index in [2.05, 4.69) is 4.98 Å². The molecule has 0 spiro atoms. The van der Waals surface area contributed by atoms with Gasteiger partial charge in [-0.15, -0.1) is 0 Å². The first-order valence-corrected chi connectivity index (χ1v) is 9.72. The number of fused-ring (bicyclic) bond motifs is 3. The molecule has 0 fully saturated rings. The summed E-state index contributed by atoms with van der Waals surface area (Å²) >= 11 is 6.13. The van der Waals surface area contributed by atoms with Crippen molar-refractivity contribution in [2.45, 2.75) is 59.7 Å². The van der Waals surface area contributed by atoms with Crippen LogP contribution in [0.2, 0.25) is 5.15 Å². The van der Waals surface area contributed by atoms with E-state index >= 15 is 0 Å². The molecule has 0 aliphatic heterocycles. The maximum Gasteiger partial charge on any atom is 0.419 e. The van der Waals surface area contributed by atoms with Gasteiger partial charge in [0.25, 0.3) is 0 Å². The van der Waals surface area contributed by atoms with Gasteiger partial charge in [-0.25, -0.2) is 19.1 Å². The summed E-state index contributed by atoms with van der Waals surface area (Å²) in [5.41, 5.74) is -0.0526. The first kappa shape index (κ1) is 21.1. The predicted octanol–water partition coefficient (Wildman–Crippen LogP) is 5.89. The Balaban J connectivity index is 2.37. The van der Waals surface area contributed by atoms with E-state index in [0.29, 0.717) is 32.7 Å². The van der Waals surface area contributed by atoms with E-state index in [1.165, 1.54) is 4.57 Å². The number of esters is 1. The predicted molar refractivity (Wildman–Crippen MR) is 114 cm³/mol. The molecule has 1 aromatic carbocycles. The number of hydrogen-bond acceptors (Lipinski definition) is 5. The Hall–Kier alpha value is -2.60. The fourth-order valence-electron chi connectivity index (χ4n) is 3.22. The number of aromatic nitrogens is 2. The van der Waals surface area contributed by atoms with Crippen molar-refractivity contribution in [1.82, 2.24) is 9.55 Å². The van der Waals surface area contributed by atoms with E-state index in [1.54, 1.807) is 66.8 Å². The standard InChI is InChI=1S/C22H25ClN2O4/c1-12-17(19(26)28-21(2,3)4)14-9-8-13-11-24-16(23)10-15(13)18(14)25(12)20(27)29-22(5,6)7/h8-11H,1-7H3. The Morgan fingerprint density at radius 2 is 1.62 bits per heavy atom. The topological polar surface area (TPSA) is 70.4 Å². The van der Waals surface area contributed by atoms with Gasteiger partial charge < -0.3 is 9.47 Å². The minimum Gasteiger partial charge on any atom is -0.456 e. The lowest BCUT2D eigenvalue weighted by molar-refractivity contribution is 0.00710. The molecular weight excluding hydrogens is 392 g/mol. The zero-order chi connectivity index (χ0) is 21.7. The zero-order valence-electron chi connectivity index (χ0n) is 17.7. The van der Waals surface area contributed by atoms with Crippen molar-refractivity contribution < 1.29 is 19.1 Å². The van der Waals surface area contributed by atoms with Crippen molar-refractivity contribution in [2.24, 2.45) is 0 Å². The summed E-state index contributed by atoms with van der Waals surface area (Å²) in [4.78, 5) is 30.2. The molecule has 0 N–H and O–H groups in total. The molecule has 0 aliphatic carbocycles. The minimum atomic E-state index is -0.698. The van der Waals surface area contributed by atoms with Crippen LogP contribution < -0.4 is 0 Å². The number of hydrogen-bond donors (Lipinski definition) is 0. The highest BCUT2D eigenvalue weighted by Crippen LogP contribution is 2.34. The molecule has 0 saturated heterocycles. The van der Waals surface area contributed by atoms with Crippen molar-refractivity contribution in [3.63, 3.8) is 0 Å². The number of carbonyl (C=O) groups excluding carboxylic acids is 2. The van der Waals surface area contributed by atoms with Crippen LogP contribution in [0.15, 0.2) is 24.4 Å². The van der Waals surface area contributed by atoms with Crippen LogP contribution in [0.25, 0.3) is 21.7 Å². The average molecular weight is 417 g/mol. The van der Waals surface area contributed by atoms with Crippen LogP contribution >= 0.6 is 11.6 Å². The maximum atomic E-state index is 13.1. The lowest BCUT2D eigenvalue weighted by atomic mass is 10.1. The van der Waals surface area contributed by atoms with Gasteiger partial charge in [0.05, 0.1) is 11.1 Å². The molecule has 154 valence electrons. The Labute approximate surface area is 174 Å². The molecular formula is C22H25ClN2O4. The van der Waals surface area contributed by atoms with Gasteiger partial charge in [0.15, 0.2) is 0 Å². The number of rotatable bonds is 1. The molecule has 0 radical (unpaired) electrons. The van der Waals surface area contributed by atoms with Gasteiger partial charge in [-0.1, -0.05) is 23.7 Å². The zero-order valence-corrected chi connectivity index (χ0v) is 18.5. The highest BCUT2D eigenvalue weighted by molar-refractivity contribution is 6.30. The normalized spacial score (nSPS) is 12.4. The molecule has 0 unspecified atom stereocenters. The van der Waals surface area contributed by atoms with Crippen molar-refractivity contribution in [3.05, 3.63) is 40.8 Å². The second-order valence-corrected chi connectivity index (χ2v) is 9.36. The Kier molecular flexibility index (Phi) is 5.11. The third-order valence-electron chi connectivity index (χ3n) is 4.21. The highest BCUT2D eigenvalue weighted by atomic mass is 35.5. The van der Waals surface area contributed by atoms with Gasteiger partial charge in [-0.3, -0.25) is 0 Å². The molecule has 3 aromatic rings. The van der Waals surface area contributed by atoms with Crippen LogP contribution in [0.5, 0.6) is 0 Å². The van der Waals surface area contributed by atoms with Gasteiger partial charge in [-0.05, 0) is 54.5 Å². The smallest absolute Gasteiger partial charge is 0.419 e. The van der Waals surface area contributed by atoms with Gasteiger partial charge in [0, 0.05) is 28.0 Å². The first-order chi connectivity index (χ1) is 13.3. The average Bonchev–Trinajstić information content (AvgIpc) is 2.84. The van der Waals surface area contributed by atoms with Crippen molar-refractivity contribution in [1.29, 1.82) is 0 Å². The van der Waals surface area contributed by atoms with Gasteiger partial charge in [0.1, 0.15) is 16.4 Å². The molecule has 0 bridgehead atoms. The summed E-state index contributed by atoms with van der Waals surface area (Å²) in [5, 5.41) is 2.38. The summed E-state index contributed by atoms with van der Waals surface area (Å²) in [6.45, 7) is 12.5. The molecule has 2 heterocycles. The molecule has 2 aromatic heterocycles. The van der Waals surface area contributed by atoms with E-state index in [1.807, 2.05) is 6.07 Å².